The van der Waals surface area contributed by atoms with Crippen molar-refractivity contribution in [1.82, 2.24) is 0 Å². The predicted molar refractivity (Wildman–Crippen MR) is 67.5 cm³/mol. The van der Waals surface area contributed by atoms with Gasteiger partial charge in [0.25, 0.3) is 0 Å². The van der Waals surface area contributed by atoms with E-state index in [0.717, 1.165) is 23.5 Å². The molecule has 0 spiro atoms. The molecule has 0 unspecified atom stereocenters. The average molecular weight is 239 g/mol. The molecular formula is C12H15ClN2O. The van der Waals surface area contributed by atoms with E-state index in [1.54, 1.807) is 4.90 Å². The molecule has 0 saturated carbocycles. The number of likely N-dealkylation sites (N-methyl/N-ethyl adjacent to an activating group) is 1. The fraction of sp³-hybridized carbons (Fsp3) is 0.417. The van der Waals surface area contributed by atoms with E-state index in [1.165, 1.54) is 0 Å². The Labute approximate surface area is 101 Å². The lowest BCUT2D eigenvalue weighted by molar-refractivity contribution is -0.117. The zero-order valence-corrected chi connectivity index (χ0v) is 10.3. The number of anilines is 2. The second-order valence-electron chi connectivity index (χ2n) is 4.05. The normalized spacial score (nSPS) is 14.2. The van der Waals surface area contributed by atoms with Crippen LogP contribution in [0.25, 0.3) is 0 Å². The smallest absolute Gasteiger partial charge is 0.231 e. The van der Waals surface area contributed by atoms with E-state index < -0.39 is 0 Å². The molecule has 1 aliphatic heterocycles. The Hall–Kier alpha value is -1.22. The molecule has 86 valence electrons. The Balaban J connectivity index is 2.28. The third kappa shape index (κ3) is 1.87. The summed E-state index contributed by atoms with van der Waals surface area (Å²) < 4.78 is 0. The van der Waals surface area contributed by atoms with Gasteiger partial charge in [0.2, 0.25) is 5.91 Å². The average Bonchev–Trinajstić information content (AvgIpc) is 2.55. The Morgan fingerprint density at radius 3 is 2.94 bits per heavy atom. The molecule has 0 aromatic heterocycles. The third-order valence-electron chi connectivity index (χ3n) is 3.00. The molecule has 1 aliphatic rings. The highest BCUT2D eigenvalue weighted by atomic mass is 35.5. The van der Waals surface area contributed by atoms with E-state index in [2.05, 4.69) is 11.0 Å². The summed E-state index contributed by atoms with van der Waals surface area (Å²) in [4.78, 5) is 15.3. The van der Waals surface area contributed by atoms with Gasteiger partial charge in [-0.05, 0) is 23.8 Å². The van der Waals surface area contributed by atoms with E-state index in [-0.39, 0.29) is 5.91 Å². The second kappa shape index (κ2) is 4.34. The van der Waals surface area contributed by atoms with Crippen LogP contribution in [-0.4, -0.2) is 32.4 Å². The zero-order chi connectivity index (χ0) is 11.7. The van der Waals surface area contributed by atoms with Gasteiger partial charge in [0.15, 0.2) is 0 Å². The standard InChI is InChI=1S/C12H15ClN2O/c1-14(6-5-13)10-3-4-11-9(7-10)8-12(16)15(11)2/h3-4,7H,5-6,8H2,1-2H3. The van der Waals surface area contributed by atoms with E-state index in [4.69, 9.17) is 11.6 Å². The highest BCUT2D eigenvalue weighted by molar-refractivity contribution is 6.18. The number of hydrogen-bond acceptors (Lipinski definition) is 2. The quantitative estimate of drug-likeness (QED) is 0.751. The van der Waals surface area contributed by atoms with Gasteiger partial charge in [-0.15, -0.1) is 11.6 Å². The molecule has 1 heterocycles. The maximum Gasteiger partial charge on any atom is 0.231 e. The fourth-order valence-corrected chi connectivity index (χ4v) is 2.20. The van der Waals surface area contributed by atoms with Gasteiger partial charge in [-0.3, -0.25) is 4.79 Å². The molecule has 1 amide bonds. The summed E-state index contributed by atoms with van der Waals surface area (Å²) in [5.74, 6) is 0.763. The van der Waals surface area contributed by atoms with Gasteiger partial charge in [0.05, 0.1) is 6.42 Å². The van der Waals surface area contributed by atoms with Crippen LogP contribution in [0.3, 0.4) is 0 Å². The summed E-state index contributed by atoms with van der Waals surface area (Å²) in [6, 6.07) is 6.10. The van der Waals surface area contributed by atoms with Crippen molar-refractivity contribution in [2.45, 2.75) is 6.42 Å². The van der Waals surface area contributed by atoms with Crippen LogP contribution in [-0.2, 0) is 11.2 Å². The van der Waals surface area contributed by atoms with Crippen molar-refractivity contribution in [1.29, 1.82) is 0 Å². The maximum atomic E-state index is 11.5. The predicted octanol–water partition coefficient (Wildman–Crippen LogP) is 1.88. The van der Waals surface area contributed by atoms with Crippen LogP contribution >= 0.6 is 11.6 Å². The molecule has 2 rings (SSSR count). The maximum absolute atomic E-state index is 11.5. The van der Waals surface area contributed by atoms with Crippen molar-refractivity contribution in [2.75, 3.05) is 36.3 Å². The highest BCUT2D eigenvalue weighted by Gasteiger charge is 2.24. The molecular weight excluding hydrogens is 224 g/mol. The van der Waals surface area contributed by atoms with Crippen molar-refractivity contribution in [3.63, 3.8) is 0 Å². The van der Waals surface area contributed by atoms with Crippen LogP contribution in [0, 0.1) is 0 Å². The van der Waals surface area contributed by atoms with Crippen LogP contribution in [0.4, 0.5) is 11.4 Å². The van der Waals surface area contributed by atoms with Crippen molar-refractivity contribution >= 4 is 28.9 Å². The Kier molecular flexibility index (Phi) is 3.06. The van der Waals surface area contributed by atoms with Gasteiger partial charge >= 0.3 is 0 Å². The first kappa shape index (κ1) is 11.3. The molecule has 0 saturated heterocycles. The lowest BCUT2D eigenvalue weighted by atomic mass is 10.1. The molecule has 0 fully saturated rings. The van der Waals surface area contributed by atoms with Crippen molar-refractivity contribution in [3.05, 3.63) is 23.8 Å². The molecule has 0 bridgehead atoms. The van der Waals surface area contributed by atoms with Crippen LogP contribution in [0.15, 0.2) is 18.2 Å². The van der Waals surface area contributed by atoms with Gasteiger partial charge < -0.3 is 9.80 Å². The first-order valence-corrected chi connectivity index (χ1v) is 5.83. The van der Waals surface area contributed by atoms with Crippen molar-refractivity contribution < 1.29 is 4.79 Å². The summed E-state index contributed by atoms with van der Waals surface area (Å²) >= 11 is 5.71. The van der Waals surface area contributed by atoms with Crippen LogP contribution in [0.2, 0.25) is 0 Å². The number of rotatable bonds is 3. The topological polar surface area (TPSA) is 23.6 Å². The third-order valence-corrected chi connectivity index (χ3v) is 3.17. The van der Waals surface area contributed by atoms with Crippen LogP contribution in [0.5, 0.6) is 0 Å². The Morgan fingerprint density at radius 2 is 2.25 bits per heavy atom. The minimum atomic E-state index is 0.159. The van der Waals surface area contributed by atoms with Crippen molar-refractivity contribution in [2.24, 2.45) is 0 Å². The number of hydrogen-bond donors (Lipinski definition) is 0. The van der Waals surface area contributed by atoms with E-state index in [1.807, 2.05) is 26.2 Å². The van der Waals surface area contributed by atoms with E-state index in [9.17, 15) is 4.79 Å². The van der Waals surface area contributed by atoms with Gasteiger partial charge in [-0.1, -0.05) is 0 Å². The lowest BCUT2D eigenvalue weighted by Gasteiger charge is -2.19. The van der Waals surface area contributed by atoms with E-state index in [0.29, 0.717) is 12.3 Å². The number of amides is 1. The summed E-state index contributed by atoms with van der Waals surface area (Å²) in [6.07, 6.45) is 0.508. The number of alkyl halides is 1. The number of carbonyl (C=O) groups is 1. The molecule has 0 aliphatic carbocycles. The highest BCUT2D eigenvalue weighted by Crippen LogP contribution is 2.30. The molecule has 0 radical (unpaired) electrons. The van der Waals surface area contributed by atoms with Gasteiger partial charge in [-0.25, -0.2) is 0 Å². The number of carbonyl (C=O) groups excluding carboxylic acids is 1. The van der Waals surface area contributed by atoms with Gasteiger partial charge in [0, 0.05) is 37.9 Å². The molecule has 1 aromatic rings. The summed E-state index contributed by atoms with van der Waals surface area (Å²) in [5.41, 5.74) is 3.24. The zero-order valence-electron chi connectivity index (χ0n) is 9.53. The van der Waals surface area contributed by atoms with E-state index >= 15 is 0 Å². The van der Waals surface area contributed by atoms with Crippen LogP contribution in [0.1, 0.15) is 5.56 Å². The van der Waals surface area contributed by atoms with Crippen LogP contribution < -0.4 is 9.80 Å². The molecule has 16 heavy (non-hydrogen) atoms. The molecule has 0 atom stereocenters. The summed E-state index contributed by atoms with van der Waals surface area (Å²) in [6.45, 7) is 0.810. The van der Waals surface area contributed by atoms with Gasteiger partial charge in [0.1, 0.15) is 0 Å². The second-order valence-corrected chi connectivity index (χ2v) is 4.43. The lowest BCUT2D eigenvalue weighted by Crippen LogP contribution is -2.20. The minimum Gasteiger partial charge on any atom is -0.373 e. The van der Waals surface area contributed by atoms with Gasteiger partial charge in [-0.2, -0.15) is 0 Å². The minimum absolute atomic E-state index is 0.159. The first-order valence-electron chi connectivity index (χ1n) is 5.30. The summed E-state index contributed by atoms with van der Waals surface area (Å²) in [5, 5.41) is 0. The number of fused-ring (bicyclic) bond motifs is 1. The monoisotopic (exact) mass is 238 g/mol. The molecule has 0 N–H and O–H groups in total. The molecule has 1 aromatic carbocycles. The Morgan fingerprint density at radius 1 is 1.50 bits per heavy atom. The number of halogens is 1. The first-order chi connectivity index (χ1) is 7.63. The number of benzene rings is 1. The fourth-order valence-electron chi connectivity index (χ4n) is 1.95. The number of nitrogens with zero attached hydrogens (tertiary/aromatic N) is 2. The largest absolute Gasteiger partial charge is 0.373 e. The molecule has 3 nitrogen and oxygen atoms in total. The SMILES string of the molecule is CN(CCCl)c1ccc2c(c1)CC(=O)N2C. The molecule has 4 heteroatoms. The Bertz CT molecular complexity index is 419. The summed E-state index contributed by atoms with van der Waals surface area (Å²) in [7, 11) is 3.82. The van der Waals surface area contributed by atoms with Crippen molar-refractivity contribution in [3.8, 4) is 0 Å².